The predicted octanol–water partition coefficient (Wildman–Crippen LogP) is -7.34. The maximum Gasteiger partial charge on any atom is 0 e. The molecule has 0 heterocycles. The zero-order chi connectivity index (χ0) is 10.7. The predicted molar refractivity (Wildman–Crippen MR) is 16.2 cm³/mol. The Kier molecular flexibility index (Phi) is 54.6. The minimum atomic E-state index is -2.33. The van der Waals surface area contributed by atoms with Gasteiger partial charge >= 0.3 is 0 Å². The molecular formula is C3Cm2O9-6. The van der Waals surface area contributed by atoms with E-state index in [1.165, 1.54) is 0 Å². The molecule has 0 aliphatic rings. The Labute approximate surface area is 64.7 Å². The summed E-state index contributed by atoms with van der Waals surface area (Å²) in [6.07, 6.45) is -7.00. The van der Waals surface area contributed by atoms with Crippen LogP contribution >= 0.6 is 0 Å². The molecule has 0 bridgehead atoms. The van der Waals surface area contributed by atoms with Gasteiger partial charge in [0, 0.05) is 0 Å². The van der Waals surface area contributed by atoms with Crippen LogP contribution in [0.3, 0.4) is 0 Å². The molecule has 11 heteroatoms. The molecule has 0 amide bonds. The monoisotopic (exact) mass is 666 g/mol. The standard InChI is InChI=1S/3CH2O3.2Cm/c3*2-1(3)4;;/h3*(H2,2,3,4);;/p-6. The Morgan fingerprint density at radius 1 is 0.500 bits per heavy atom. The van der Waals surface area contributed by atoms with Crippen LogP contribution in [0.1, 0.15) is 0 Å². The van der Waals surface area contributed by atoms with Gasteiger partial charge in [-0.2, -0.15) is 0 Å². The molecule has 0 aliphatic carbocycles. The topological polar surface area (TPSA) is 190 Å². The summed E-state index contributed by atoms with van der Waals surface area (Å²) in [5, 5.41) is 50.0. The Morgan fingerprint density at radius 3 is 0.500 bits per heavy atom. The first-order chi connectivity index (χ1) is 5.20. The van der Waals surface area contributed by atoms with Gasteiger partial charge in [0.15, 0.2) is 0 Å². The normalized spacial score (nSPS) is 5.14. The van der Waals surface area contributed by atoms with E-state index >= 15 is 0 Å². The van der Waals surface area contributed by atoms with E-state index in [-0.39, 0.29) is 0 Å². The van der Waals surface area contributed by atoms with E-state index < -0.39 is 18.5 Å². The number of hydrogen-bond acceptors (Lipinski definition) is 9. The quantitative estimate of drug-likeness (QED) is 0.241. The van der Waals surface area contributed by atoms with E-state index in [9.17, 15) is 0 Å². The van der Waals surface area contributed by atoms with Crippen LogP contribution in [0, 0.1) is 0 Å². The second kappa shape index (κ2) is 23.2. The molecule has 0 saturated heterocycles. The molecule has 0 aliphatic heterocycles. The van der Waals surface area contributed by atoms with Crippen LogP contribution in [0.2, 0.25) is 0 Å². The molecular weight excluding hydrogens is 674 g/mol. The van der Waals surface area contributed by atoms with Gasteiger partial charge in [-0.15, -0.1) is 0 Å². The summed E-state index contributed by atoms with van der Waals surface area (Å²) in [5.41, 5.74) is 0. The van der Waals surface area contributed by atoms with Crippen molar-refractivity contribution < 1.29 is 45.0 Å². The van der Waals surface area contributed by atoms with Gasteiger partial charge < -0.3 is 45.0 Å². The number of hydrogen-bond donors (Lipinski definition) is 0. The van der Waals surface area contributed by atoms with Crippen molar-refractivity contribution in [1.82, 2.24) is 0 Å². The van der Waals surface area contributed by atoms with Gasteiger partial charge in [0.05, 0.1) is 0 Å². The summed E-state index contributed by atoms with van der Waals surface area (Å²) < 4.78 is 0. The van der Waals surface area contributed by atoms with Gasteiger partial charge in [0.2, 0.25) is 0 Å². The van der Waals surface area contributed by atoms with Crippen LogP contribution in [-0.4, -0.2) is 18.5 Å². The van der Waals surface area contributed by atoms with Crippen molar-refractivity contribution >= 4 is 18.5 Å². The molecule has 0 atom stereocenters. The Hall–Kier alpha value is -4.19. The van der Waals surface area contributed by atoms with E-state index in [0.717, 1.165) is 0 Å². The molecule has 0 aromatic carbocycles. The number of carbonyl (C=O) groups is 3. The van der Waals surface area contributed by atoms with E-state index in [1.54, 1.807) is 0 Å². The number of rotatable bonds is 0. The smallest absolute Gasteiger partial charge is 0 e. The molecule has 88 valence electrons. The maximum absolute atomic E-state index is 8.33. The van der Waals surface area contributed by atoms with Crippen molar-refractivity contribution in [3.8, 4) is 0 Å². The summed E-state index contributed by atoms with van der Waals surface area (Å²) >= 11 is 0. The summed E-state index contributed by atoms with van der Waals surface area (Å²) in [6, 6.07) is 0. The molecule has 0 saturated carbocycles. The minimum Gasteiger partial charge on any atom is -0.652 e. The summed E-state index contributed by atoms with van der Waals surface area (Å²) in [7, 11) is 0. The van der Waals surface area contributed by atoms with Crippen molar-refractivity contribution in [2.45, 2.75) is 0 Å². The summed E-state index contributed by atoms with van der Waals surface area (Å²) in [6.45, 7) is 0. The molecule has 0 N–H and O–H groups in total. The first-order valence-electron chi connectivity index (χ1n) is 1.84. The average Bonchev–Trinajstić information content (AvgIpc) is 1.54. The molecule has 9 nitrogen and oxygen atoms in total. The first-order valence-corrected chi connectivity index (χ1v) is 1.84. The van der Waals surface area contributed by atoms with Crippen molar-refractivity contribution in [3.05, 3.63) is 0 Å². The molecule has 0 spiro atoms. The van der Waals surface area contributed by atoms with Crippen LogP contribution < -0.4 is 30.6 Å². The summed E-state index contributed by atoms with van der Waals surface area (Å²) in [4.78, 5) is 25.0. The number of carbonyl (C=O) groups excluding carboxylic acids is 3. The Morgan fingerprint density at radius 2 is 0.500 bits per heavy atom. The van der Waals surface area contributed by atoms with Gasteiger partial charge in [-0.1, -0.05) is 0 Å². The molecule has 14 heavy (non-hydrogen) atoms. The molecule has 0 aromatic heterocycles. The van der Waals surface area contributed by atoms with Crippen molar-refractivity contribution in [3.63, 3.8) is 0 Å². The van der Waals surface area contributed by atoms with Gasteiger partial charge in [0.1, 0.15) is 0 Å². The van der Waals surface area contributed by atoms with Gasteiger partial charge in [-0.25, -0.2) is 0 Å². The Bertz CT molecular complexity index is 116. The largest absolute Gasteiger partial charge is 0.652 e. The van der Waals surface area contributed by atoms with Crippen LogP contribution in [0.5, 0.6) is 0 Å². The van der Waals surface area contributed by atoms with Crippen LogP contribution in [0.25, 0.3) is 0 Å². The Balaban J connectivity index is -0.0000000270. The third-order valence-corrected chi connectivity index (χ3v) is 0. The average molecular weight is 674 g/mol. The SMILES string of the molecule is O=C([O-])[O-].O=C([O-])[O-].O=C([O-])[O-].[Cm].[Cm]. The molecule has 0 radical (unpaired) electrons. The second-order valence-electron chi connectivity index (χ2n) is 0.750. The van der Waals surface area contributed by atoms with Gasteiger partial charge in [0.25, 0.3) is 0 Å². The van der Waals surface area contributed by atoms with Crippen LogP contribution in [0.15, 0.2) is 0 Å². The van der Waals surface area contributed by atoms with E-state index in [0.29, 0.717) is 0 Å². The first kappa shape index (κ1) is 32.9. The fraction of sp³-hybridized carbons (Fsp3) is 0. The molecule has 0 aromatic rings. The van der Waals surface area contributed by atoms with Crippen LogP contribution in [0.4, 0.5) is 14.4 Å². The van der Waals surface area contributed by atoms with Gasteiger partial charge in [-0.3, -0.25) is 0 Å². The number of carboxylic acid groups (broad SMARTS) is 6. The van der Waals surface area contributed by atoms with E-state index in [1.807, 2.05) is 0 Å². The van der Waals surface area contributed by atoms with Crippen LogP contribution in [-0.2, 0) is 0 Å². The fourth-order valence-corrected chi connectivity index (χ4v) is 0. The van der Waals surface area contributed by atoms with Gasteiger partial charge in [-0.05, 0) is 18.5 Å². The van der Waals surface area contributed by atoms with Crippen molar-refractivity contribution in [1.29, 1.82) is 0 Å². The van der Waals surface area contributed by atoms with Crippen molar-refractivity contribution in [2.24, 2.45) is 0 Å². The summed E-state index contributed by atoms with van der Waals surface area (Å²) in [5.74, 6) is 0. The van der Waals surface area contributed by atoms with E-state index in [2.05, 4.69) is 0 Å². The second-order valence-corrected chi connectivity index (χ2v) is 0.750. The fourth-order valence-electron chi connectivity index (χ4n) is 0. The third-order valence-electron chi connectivity index (χ3n) is 0. The van der Waals surface area contributed by atoms with E-state index in [4.69, 9.17) is 45.0 Å². The third kappa shape index (κ3) is 20.6. The minimum absolute atomic E-state index is 0. The molecule has 0 fully saturated rings. The zero-order valence-electron chi connectivity index (χ0n) is 5.88. The zero-order valence-corrected chi connectivity index (χ0v) is 11.8. The molecule has 0 rings (SSSR count). The molecule has 0 unspecified atom stereocenters. The maximum atomic E-state index is 8.33. The van der Waals surface area contributed by atoms with Crippen molar-refractivity contribution in [2.75, 3.05) is 0 Å².